The van der Waals surface area contributed by atoms with Crippen LogP contribution in [0.25, 0.3) is 0 Å². The van der Waals surface area contributed by atoms with E-state index in [1.54, 1.807) is 24.3 Å². The van der Waals surface area contributed by atoms with E-state index in [2.05, 4.69) is 4.98 Å². The van der Waals surface area contributed by atoms with Crippen molar-refractivity contribution in [2.75, 3.05) is 5.73 Å². The van der Waals surface area contributed by atoms with Crippen molar-refractivity contribution < 1.29 is 4.74 Å². The quantitative estimate of drug-likeness (QED) is 0.926. The minimum Gasteiger partial charge on any atom is -0.487 e. The Morgan fingerprint density at radius 2 is 1.94 bits per heavy atom. The Labute approximate surface area is 109 Å². The molecule has 1 heterocycles. The van der Waals surface area contributed by atoms with Gasteiger partial charge in [0, 0.05) is 6.07 Å². The molecule has 0 aliphatic heterocycles. The largest absolute Gasteiger partial charge is 0.487 e. The van der Waals surface area contributed by atoms with Gasteiger partial charge in [-0.3, -0.25) is 0 Å². The predicted molar refractivity (Wildman–Crippen MR) is 69.4 cm³/mol. The number of nitrogens with two attached hydrogens (primary N) is 1. The molecule has 0 spiro atoms. The molecule has 2 aromatic rings. The zero-order valence-corrected chi connectivity index (χ0v) is 10.4. The lowest BCUT2D eigenvalue weighted by molar-refractivity contribution is 0.301. The van der Waals surface area contributed by atoms with Crippen molar-refractivity contribution in [3.05, 3.63) is 52.1 Å². The molecule has 0 aliphatic rings. The Bertz CT molecular complexity index is 532. The summed E-state index contributed by atoms with van der Waals surface area (Å²) in [6.07, 6.45) is 0. The minimum atomic E-state index is 0.336. The average molecular weight is 269 g/mol. The van der Waals surface area contributed by atoms with E-state index in [1.165, 1.54) is 0 Å². The molecule has 88 valence electrons. The van der Waals surface area contributed by atoms with Crippen LogP contribution < -0.4 is 10.5 Å². The van der Waals surface area contributed by atoms with Crippen molar-refractivity contribution >= 4 is 29.0 Å². The fourth-order valence-corrected chi connectivity index (χ4v) is 1.59. The second kappa shape index (κ2) is 5.25. The lowest BCUT2D eigenvalue weighted by Gasteiger charge is -2.07. The van der Waals surface area contributed by atoms with Crippen LogP contribution in [-0.4, -0.2) is 4.98 Å². The van der Waals surface area contributed by atoms with Gasteiger partial charge in [0.15, 0.2) is 0 Å². The smallest absolute Gasteiger partial charge is 0.130 e. The number of nitrogens with zero attached hydrogens (tertiary/aromatic N) is 1. The van der Waals surface area contributed by atoms with Crippen LogP contribution in [0.1, 0.15) is 5.69 Å². The lowest BCUT2D eigenvalue weighted by Crippen LogP contribution is -2.00. The molecular formula is C12H10Cl2N2O. The van der Waals surface area contributed by atoms with Crippen LogP contribution in [0.3, 0.4) is 0 Å². The van der Waals surface area contributed by atoms with E-state index in [0.29, 0.717) is 28.2 Å². The fraction of sp³-hybridized carbons (Fsp3) is 0.0833. The van der Waals surface area contributed by atoms with Crippen LogP contribution in [0.4, 0.5) is 5.82 Å². The summed E-state index contributed by atoms with van der Waals surface area (Å²) in [6, 6.07) is 10.5. The minimum absolute atomic E-state index is 0.336. The number of benzene rings is 1. The van der Waals surface area contributed by atoms with Gasteiger partial charge in [-0.15, -0.1) is 0 Å². The highest BCUT2D eigenvalue weighted by atomic mass is 35.5. The van der Waals surface area contributed by atoms with Crippen LogP contribution in [0.2, 0.25) is 10.0 Å². The number of pyridine rings is 1. The van der Waals surface area contributed by atoms with Crippen molar-refractivity contribution in [1.29, 1.82) is 0 Å². The van der Waals surface area contributed by atoms with Crippen molar-refractivity contribution in [2.45, 2.75) is 6.61 Å². The number of hydrogen-bond donors (Lipinski definition) is 1. The second-order valence-electron chi connectivity index (χ2n) is 3.42. The number of nitrogen functional groups attached to an aromatic ring is 1. The molecule has 2 rings (SSSR count). The van der Waals surface area contributed by atoms with Crippen LogP contribution in [-0.2, 0) is 6.61 Å². The first-order chi connectivity index (χ1) is 8.15. The molecule has 0 saturated heterocycles. The van der Waals surface area contributed by atoms with Crippen molar-refractivity contribution in [3.63, 3.8) is 0 Å². The molecule has 0 aliphatic carbocycles. The number of anilines is 1. The summed E-state index contributed by atoms with van der Waals surface area (Å²) < 4.78 is 5.52. The standard InChI is InChI=1S/C12H10Cl2N2O/c13-10-5-4-9(6-11(10)14)17-7-8-2-1-3-12(15)16-8/h1-6H,7H2,(H2,15,16). The van der Waals surface area contributed by atoms with Crippen LogP contribution in [0.5, 0.6) is 5.75 Å². The summed E-state index contributed by atoms with van der Waals surface area (Å²) in [7, 11) is 0. The van der Waals surface area contributed by atoms with E-state index in [4.69, 9.17) is 33.7 Å². The summed E-state index contributed by atoms with van der Waals surface area (Å²) in [5.74, 6) is 1.11. The van der Waals surface area contributed by atoms with Crippen molar-refractivity contribution in [1.82, 2.24) is 4.98 Å². The molecule has 0 saturated carbocycles. The van der Waals surface area contributed by atoms with Crippen LogP contribution in [0, 0.1) is 0 Å². The maximum absolute atomic E-state index is 5.87. The molecule has 1 aromatic carbocycles. The normalized spacial score (nSPS) is 10.2. The molecule has 0 fully saturated rings. The van der Waals surface area contributed by atoms with Gasteiger partial charge < -0.3 is 10.5 Å². The Morgan fingerprint density at radius 1 is 1.12 bits per heavy atom. The maximum Gasteiger partial charge on any atom is 0.130 e. The summed E-state index contributed by atoms with van der Waals surface area (Å²) in [4.78, 5) is 4.12. The number of aromatic nitrogens is 1. The molecule has 0 bridgehead atoms. The van der Waals surface area contributed by atoms with E-state index in [-0.39, 0.29) is 0 Å². The van der Waals surface area contributed by atoms with Gasteiger partial charge in [0.05, 0.1) is 15.7 Å². The summed E-state index contributed by atoms with van der Waals surface area (Å²) in [6.45, 7) is 0.336. The van der Waals surface area contributed by atoms with Gasteiger partial charge in [-0.1, -0.05) is 29.3 Å². The Kier molecular flexibility index (Phi) is 3.71. The number of halogens is 2. The van der Waals surface area contributed by atoms with E-state index in [9.17, 15) is 0 Å². The summed E-state index contributed by atoms with van der Waals surface area (Å²) in [5.41, 5.74) is 6.33. The van der Waals surface area contributed by atoms with Gasteiger partial charge in [-0.25, -0.2) is 4.98 Å². The van der Waals surface area contributed by atoms with E-state index in [0.717, 1.165) is 5.69 Å². The molecular weight excluding hydrogens is 259 g/mol. The van der Waals surface area contributed by atoms with Crippen molar-refractivity contribution in [2.24, 2.45) is 0 Å². The molecule has 1 aromatic heterocycles. The molecule has 0 radical (unpaired) electrons. The van der Waals surface area contributed by atoms with E-state index in [1.807, 2.05) is 12.1 Å². The number of ether oxygens (including phenoxy) is 1. The Morgan fingerprint density at radius 3 is 2.65 bits per heavy atom. The molecule has 3 nitrogen and oxygen atoms in total. The molecule has 0 amide bonds. The summed E-state index contributed by atoms with van der Waals surface area (Å²) in [5, 5.41) is 0.964. The zero-order valence-electron chi connectivity index (χ0n) is 8.86. The summed E-state index contributed by atoms with van der Waals surface area (Å²) >= 11 is 11.7. The van der Waals surface area contributed by atoms with E-state index >= 15 is 0 Å². The first kappa shape index (κ1) is 12.0. The van der Waals surface area contributed by atoms with E-state index < -0.39 is 0 Å². The molecule has 5 heteroatoms. The van der Waals surface area contributed by atoms with Crippen molar-refractivity contribution in [3.8, 4) is 5.75 Å². The number of hydrogen-bond acceptors (Lipinski definition) is 3. The first-order valence-corrected chi connectivity index (χ1v) is 5.70. The first-order valence-electron chi connectivity index (χ1n) is 4.94. The Hall–Kier alpha value is -1.45. The number of rotatable bonds is 3. The third-order valence-electron chi connectivity index (χ3n) is 2.11. The van der Waals surface area contributed by atoms with Gasteiger partial charge in [0.2, 0.25) is 0 Å². The van der Waals surface area contributed by atoms with Crippen LogP contribution in [0.15, 0.2) is 36.4 Å². The topological polar surface area (TPSA) is 48.1 Å². The van der Waals surface area contributed by atoms with Crippen LogP contribution >= 0.6 is 23.2 Å². The van der Waals surface area contributed by atoms with Gasteiger partial charge in [0.1, 0.15) is 18.2 Å². The molecule has 17 heavy (non-hydrogen) atoms. The second-order valence-corrected chi connectivity index (χ2v) is 4.23. The Balaban J connectivity index is 2.05. The van der Waals surface area contributed by atoms with Gasteiger partial charge in [0.25, 0.3) is 0 Å². The predicted octanol–water partition coefficient (Wildman–Crippen LogP) is 3.55. The SMILES string of the molecule is Nc1cccc(COc2ccc(Cl)c(Cl)c2)n1. The third kappa shape index (κ3) is 3.25. The molecule has 2 N–H and O–H groups in total. The average Bonchev–Trinajstić information content (AvgIpc) is 2.31. The third-order valence-corrected chi connectivity index (χ3v) is 2.85. The zero-order chi connectivity index (χ0) is 12.3. The molecule has 0 unspecified atom stereocenters. The highest BCUT2D eigenvalue weighted by molar-refractivity contribution is 6.42. The maximum atomic E-state index is 5.87. The molecule has 0 atom stereocenters. The highest BCUT2D eigenvalue weighted by Crippen LogP contribution is 2.26. The van der Waals surface area contributed by atoms with Gasteiger partial charge in [-0.05, 0) is 24.3 Å². The highest BCUT2D eigenvalue weighted by Gasteiger charge is 2.01. The van der Waals surface area contributed by atoms with Gasteiger partial charge in [-0.2, -0.15) is 0 Å². The monoisotopic (exact) mass is 268 g/mol. The van der Waals surface area contributed by atoms with Gasteiger partial charge >= 0.3 is 0 Å². The fourth-order valence-electron chi connectivity index (χ4n) is 1.30. The lowest BCUT2D eigenvalue weighted by atomic mass is 10.3.